The van der Waals surface area contributed by atoms with Crippen LogP contribution in [0, 0.1) is 0 Å². The first-order valence-corrected chi connectivity index (χ1v) is 7.70. The molecule has 1 unspecified atom stereocenters. The minimum atomic E-state index is -0.975. The van der Waals surface area contributed by atoms with Gasteiger partial charge in [0.05, 0.1) is 25.8 Å². The normalized spacial score (nSPS) is 15.6. The molecule has 0 bridgehead atoms. The Morgan fingerprint density at radius 1 is 1.28 bits per heavy atom. The highest BCUT2D eigenvalue weighted by atomic mass is 16.5. The Bertz CT molecular complexity index is 781. The molecular weight excluding hydrogens is 324 g/mol. The quantitative estimate of drug-likeness (QED) is 0.838. The van der Waals surface area contributed by atoms with Gasteiger partial charge >= 0.3 is 5.97 Å². The van der Waals surface area contributed by atoms with E-state index in [1.807, 2.05) is 4.90 Å². The molecule has 0 aliphatic carbocycles. The average molecular weight is 342 g/mol. The number of carboxylic acids is 1. The molecule has 25 heavy (non-hydrogen) atoms. The standard InChI is InChI=1S/C18H18N2O5/c1-24-17-8-14(6-7-16(17)21)20(10-15-9-19-11-25-15)13-4-2-12(3-5-13)18(22)23/h2-8,11,15,21H,9-10H2,1H3,(H,22,23). The maximum Gasteiger partial charge on any atom is 0.335 e. The van der Waals surface area contributed by atoms with Crippen LogP contribution < -0.4 is 9.64 Å². The molecule has 0 radical (unpaired) electrons. The number of aliphatic imine (C=N–C) groups is 1. The second kappa shape index (κ2) is 7.12. The molecule has 1 aliphatic heterocycles. The number of rotatable bonds is 6. The van der Waals surface area contributed by atoms with Gasteiger partial charge in [0.15, 0.2) is 17.9 Å². The van der Waals surface area contributed by atoms with E-state index in [1.165, 1.54) is 13.5 Å². The Morgan fingerprint density at radius 2 is 2.00 bits per heavy atom. The molecule has 0 fully saturated rings. The van der Waals surface area contributed by atoms with Crippen molar-refractivity contribution in [2.24, 2.45) is 4.99 Å². The number of carboxylic acid groups (broad SMARTS) is 1. The number of aromatic carboxylic acids is 1. The van der Waals surface area contributed by atoms with Crippen LogP contribution in [-0.2, 0) is 4.74 Å². The van der Waals surface area contributed by atoms with Crippen LogP contribution in [-0.4, -0.2) is 48.9 Å². The van der Waals surface area contributed by atoms with Crippen molar-refractivity contribution in [2.75, 3.05) is 25.1 Å². The summed E-state index contributed by atoms with van der Waals surface area (Å²) in [6.45, 7) is 1.07. The van der Waals surface area contributed by atoms with Gasteiger partial charge in [-0.05, 0) is 36.4 Å². The number of nitrogens with zero attached hydrogens (tertiary/aromatic N) is 2. The van der Waals surface area contributed by atoms with Gasteiger partial charge in [-0.15, -0.1) is 0 Å². The maximum atomic E-state index is 11.1. The van der Waals surface area contributed by atoms with E-state index in [1.54, 1.807) is 42.5 Å². The molecule has 2 aromatic rings. The Morgan fingerprint density at radius 3 is 2.60 bits per heavy atom. The fourth-order valence-corrected chi connectivity index (χ4v) is 2.62. The summed E-state index contributed by atoms with van der Waals surface area (Å²) in [7, 11) is 1.48. The van der Waals surface area contributed by atoms with Crippen LogP contribution >= 0.6 is 0 Å². The number of methoxy groups -OCH3 is 1. The molecule has 3 rings (SSSR count). The Labute approximate surface area is 144 Å². The summed E-state index contributed by atoms with van der Waals surface area (Å²) in [4.78, 5) is 17.1. The summed E-state index contributed by atoms with van der Waals surface area (Å²) in [6, 6.07) is 11.6. The number of benzene rings is 2. The molecule has 7 nitrogen and oxygen atoms in total. The molecule has 0 saturated carbocycles. The largest absolute Gasteiger partial charge is 0.504 e. The van der Waals surface area contributed by atoms with Gasteiger partial charge in [-0.3, -0.25) is 4.99 Å². The lowest BCUT2D eigenvalue weighted by Gasteiger charge is -2.27. The van der Waals surface area contributed by atoms with Gasteiger partial charge in [0.1, 0.15) is 6.10 Å². The molecule has 0 aromatic heterocycles. The van der Waals surface area contributed by atoms with Gasteiger partial charge < -0.3 is 24.6 Å². The number of aromatic hydroxyl groups is 1. The minimum absolute atomic E-state index is 0.0490. The van der Waals surface area contributed by atoms with Crippen LogP contribution in [0.1, 0.15) is 10.4 Å². The SMILES string of the molecule is COc1cc(N(CC2CN=CO2)c2ccc(C(=O)O)cc2)ccc1O. The number of phenols is 1. The number of anilines is 2. The maximum absolute atomic E-state index is 11.1. The Balaban J connectivity index is 1.95. The third-order valence-electron chi connectivity index (χ3n) is 3.92. The molecule has 130 valence electrons. The third-order valence-corrected chi connectivity index (χ3v) is 3.92. The van der Waals surface area contributed by atoms with Crippen LogP contribution in [0.3, 0.4) is 0 Å². The fraction of sp³-hybridized carbons (Fsp3) is 0.222. The first kappa shape index (κ1) is 16.6. The van der Waals surface area contributed by atoms with Crippen molar-refractivity contribution in [2.45, 2.75) is 6.10 Å². The van der Waals surface area contributed by atoms with Crippen LogP contribution in [0.2, 0.25) is 0 Å². The monoisotopic (exact) mass is 342 g/mol. The van der Waals surface area contributed by atoms with Crippen molar-refractivity contribution < 1.29 is 24.5 Å². The number of carbonyl (C=O) groups is 1. The molecule has 1 aliphatic rings. The first-order chi connectivity index (χ1) is 12.1. The minimum Gasteiger partial charge on any atom is -0.504 e. The van der Waals surface area contributed by atoms with Gasteiger partial charge in [0, 0.05) is 17.4 Å². The van der Waals surface area contributed by atoms with E-state index >= 15 is 0 Å². The van der Waals surface area contributed by atoms with E-state index in [9.17, 15) is 9.90 Å². The third kappa shape index (κ3) is 3.65. The van der Waals surface area contributed by atoms with E-state index in [0.717, 1.165) is 11.4 Å². The molecule has 2 aromatic carbocycles. The van der Waals surface area contributed by atoms with E-state index in [0.29, 0.717) is 18.8 Å². The summed E-state index contributed by atoms with van der Waals surface area (Å²) in [5, 5.41) is 18.9. The second-order valence-electron chi connectivity index (χ2n) is 5.55. The highest BCUT2D eigenvalue weighted by molar-refractivity contribution is 5.88. The van der Waals surface area contributed by atoms with Gasteiger partial charge in [-0.2, -0.15) is 0 Å². The zero-order valence-corrected chi connectivity index (χ0v) is 13.6. The molecule has 0 amide bonds. The topological polar surface area (TPSA) is 91.6 Å². The molecule has 2 N–H and O–H groups in total. The van der Waals surface area contributed by atoms with E-state index in [2.05, 4.69) is 4.99 Å². The van der Waals surface area contributed by atoms with Crippen molar-refractivity contribution in [1.29, 1.82) is 0 Å². The zero-order chi connectivity index (χ0) is 17.8. The predicted octanol–water partition coefficient (Wildman–Crippen LogP) is 2.66. The van der Waals surface area contributed by atoms with Crippen molar-refractivity contribution in [3.63, 3.8) is 0 Å². The lowest BCUT2D eigenvalue weighted by Crippen LogP contribution is -2.30. The molecule has 1 heterocycles. The van der Waals surface area contributed by atoms with Crippen LogP contribution in [0.15, 0.2) is 47.5 Å². The van der Waals surface area contributed by atoms with Crippen LogP contribution in [0.5, 0.6) is 11.5 Å². The lowest BCUT2D eigenvalue weighted by atomic mass is 10.1. The number of ether oxygens (including phenoxy) is 2. The summed E-state index contributed by atoms with van der Waals surface area (Å²) in [5.41, 5.74) is 1.80. The first-order valence-electron chi connectivity index (χ1n) is 7.70. The molecule has 0 spiro atoms. The summed E-state index contributed by atoms with van der Waals surface area (Å²) in [6.07, 6.45) is 1.33. The van der Waals surface area contributed by atoms with E-state index in [-0.39, 0.29) is 17.4 Å². The predicted molar refractivity (Wildman–Crippen MR) is 93.3 cm³/mol. The van der Waals surface area contributed by atoms with E-state index in [4.69, 9.17) is 14.6 Å². The zero-order valence-electron chi connectivity index (χ0n) is 13.6. The van der Waals surface area contributed by atoms with Gasteiger partial charge in [0.25, 0.3) is 0 Å². The molecule has 0 saturated heterocycles. The van der Waals surface area contributed by atoms with Gasteiger partial charge in [-0.1, -0.05) is 0 Å². The smallest absolute Gasteiger partial charge is 0.335 e. The number of phenolic OH excluding ortho intramolecular Hbond substituents is 1. The number of hydrogen-bond acceptors (Lipinski definition) is 6. The summed E-state index contributed by atoms with van der Waals surface area (Å²) < 4.78 is 10.6. The van der Waals surface area contributed by atoms with E-state index < -0.39 is 5.97 Å². The Kier molecular flexibility index (Phi) is 4.74. The van der Waals surface area contributed by atoms with Crippen molar-refractivity contribution in [3.05, 3.63) is 48.0 Å². The van der Waals surface area contributed by atoms with Gasteiger partial charge in [-0.25, -0.2) is 4.79 Å². The van der Waals surface area contributed by atoms with Crippen LogP contribution in [0.4, 0.5) is 11.4 Å². The van der Waals surface area contributed by atoms with Crippen molar-refractivity contribution in [3.8, 4) is 11.5 Å². The average Bonchev–Trinajstić information content (AvgIpc) is 3.13. The Hall–Kier alpha value is -3.22. The van der Waals surface area contributed by atoms with Crippen molar-refractivity contribution >= 4 is 23.7 Å². The second-order valence-corrected chi connectivity index (χ2v) is 5.55. The van der Waals surface area contributed by atoms with Gasteiger partial charge in [0.2, 0.25) is 0 Å². The molecule has 7 heteroatoms. The lowest BCUT2D eigenvalue weighted by molar-refractivity contribution is 0.0697. The highest BCUT2D eigenvalue weighted by Gasteiger charge is 2.20. The highest BCUT2D eigenvalue weighted by Crippen LogP contribution is 2.34. The molecular formula is C18H18N2O5. The summed E-state index contributed by atoms with van der Waals surface area (Å²) in [5.74, 6) is -0.571. The van der Waals surface area contributed by atoms with Crippen LogP contribution in [0.25, 0.3) is 0 Å². The van der Waals surface area contributed by atoms with Crippen molar-refractivity contribution in [1.82, 2.24) is 0 Å². The summed E-state index contributed by atoms with van der Waals surface area (Å²) >= 11 is 0. The molecule has 1 atom stereocenters. The number of hydrogen-bond donors (Lipinski definition) is 2. The fourth-order valence-electron chi connectivity index (χ4n) is 2.62.